The van der Waals surface area contributed by atoms with Crippen LogP contribution in [0.3, 0.4) is 0 Å². The molecule has 0 aliphatic rings. The van der Waals surface area contributed by atoms with Gasteiger partial charge in [0.05, 0.1) is 0 Å². The van der Waals surface area contributed by atoms with Gasteiger partial charge < -0.3 is 5.32 Å². The molecule has 0 rings (SSSR count). The fraction of sp³-hybridized carbons (Fsp3) is 0.786. The smallest absolute Gasteiger partial charge is 0.157 e. The molecule has 0 amide bonds. The van der Waals surface area contributed by atoms with Crippen LogP contribution in [0.4, 0.5) is 0 Å². The number of ketones is 1. The lowest BCUT2D eigenvalue weighted by Gasteiger charge is -2.00. The summed E-state index contributed by atoms with van der Waals surface area (Å²) in [6, 6.07) is 0. The molecular weight excluding hydrogens is 198 g/mol. The second-order valence-electron chi connectivity index (χ2n) is 4.31. The van der Waals surface area contributed by atoms with Crippen LogP contribution in [0.15, 0.2) is 12.3 Å². The molecule has 0 heterocycles. The number of nitrogens with one attached hydrogen (secondary N) is 1. The maximum absolute atomic E-state index is 11.2. The molecule has 0 fully saturated rings. The first kappa shape index (κ1) is 15.2. The van der Waals surface area contributed by atoms with E-state index < -0.39 is 0 Å². The van der Waals surface area contributed by atoms with E-state index in [1.54, 1.807) is 19.3 Å². The Labute approximate surface area is 101 Å². The number of allylic oxidation sites excluding steroid dienone is 1. The van der Waals surface area contributed by atoms with Crippen LogP contribution in [-0.4, -0.2) is 12.8 Å². The first-order valence-electron chi connectivity index (χ1n) is 6.68. The van der Waals surface area contributed by atoms with Gasteiger partial charge in [0, 0.05) is 13.5 Å². The Hall–Kier alpha value is -0.790. The Morgan fingerprint density at radius 3 is 2.12 bits per heavy atom. The summed E-state index contributed by atoms with van der Waals surface area (Å²) in [6.07, 6.45) is 14.3. The van der Waals surface area contributed by atoms with Gasteiger partial charge >= 0.3 is 0 Å². The van der Waals surface area contributed by atoms with Crippen molar-refractivity contribution in [1.82, 2.24) is 5.32 Å². The van der Waals surface area contributed by atoms with Gasteiger partial charge in [0.25, 0.3) is 0 Å². The van der Waals surface area contributed by atoms with Gasteiger partial charge in [0.1, 0.15) is 0 Å². The Morgan fingerprint density at radius 1 is 1.00 bits per heavy atom. The second-order valence-corrected chi connectivity index (χ2v) is 4.31. The molecule has 0 aliphatic heterocycles. The molecule has 94 valence electrons. The molecule has 0 aromatic heterocycles. The molecule has 0 aromatic carbocycles. The molecule has 0 aromatic rings. The van der Waals surface area contributed by atoms with E-state index >= 15 is 0 Å². The quantitative estimate of drug-likeness (QED) is 0.428. The summed E-state index contributed by atoms with van der Waals surface area (Å²) in [5.74, 6) is 0.236. The van der Waals surface area contributed by atoms with E-state index in [1.807, 2.05) is 0 Å². The van der Waals surface area contributed by atoms with E-state index in [-0.39, 0.29) is 5.78 Å². The molecule has 0 saturated carbocycles. The summed E-state index contributed by atoms with van der Waals surface area (Å²) in [5.41, 5.74) is 0. The van der Waals surface area contributed by atoms with Gasteiger partial charge in [-0.05, 0) is 18.7 Å². The number of unbranched alkanes of at least 4 members (excludes halogenated alkanes) is 7. The predicted molar refractivity (Wildman–Crippen MR) is 70.4 cm³/mol. The maximum atomic E-state index is 11.2. The summed E-state index contributed by atoms with van der Waals surface area (Å²) in [6.45, 7) is 2.24. The number of carbonyl (C=O) groups is 1. The third-order valence-electron chi connectivity index (χ3n) is 2.71. The SMILES string of the molecule is CCCCCCCCCCC(=O)C=CNC. The first-order valence-corrected chi connectivity index (χ1v) is 6.68. The Morgan fingerprint density at radius 2 is 1.56 bits per heavy atom. The molecule has 0 unspecified atom stereocenters. The molecule has 16 heavy (non-hydrogen) atoms. The maximum Gasteiger partial charge on any atom is 0.157 e. The highest BCUT2D eigenvalue weighted by Crippen LogP contribution is 2.09. The van der Waals surface area contributed by atoms with Crippen molar-refractivity contribution < 1.29 is 4.79 Å². The van der Waals surface area contributed by atoms with Crippen molar-refractivity contribution in [3.8, 4) is 0 Å². The fourth-order valence-electron chi connectivity index (χ4n) is 1.69. The van der Waals surface area contributed by atoms with Gasteiger partial charge in [0.15, 0.2) is 5.78 Å². The van der Waals surface area contributed by atoms with E-state index in [2.05, 4.69) is 12.2 Å². The Bertz CT molecular complexity index is 187. The normalized spacial score (nSPS) is 10.9. The summed E-state index contributed by atoms with van der Waals surface area (Å²) in [5, 5.41) is 2.83. The highest BCUT2D eigenvalue weighted by Gasteiger charge is 1.96. The molecule has 1 N–H and O–H groups in total. The van der Waals surface area contributed by atoms with Crippen molar-refractivity contribution in [3.63, 3.8) is 0 Å². The summed E-state index contributed by atoms with van der Waals surface area (Å²) < 4.78 is 0. The van der Waals surface area contributed by atoms with Crippen LogP contribution in [0.1, 0.15) is 64.7 Å². The van der Waals surface area contributed by atoms with Crippen LogP contribution < -0.4 is 5.32 Å². The average Bonchev–Trinajstić information content (AvgIpc) is 2.30. The Kier molecular flexibility index (Phi) is 11.7. The van der Waals surface area contributed by atoms with Gasteiger partial charge in [-0.2, -0.15) is 0 Å². The average molecular weight is 225 g/mol. The van der Waals surface area contributed by atoms with Crippen molar-refractivity contribution in [3.05, 3.63) is 12.3 Å². The first-order chi connectivity index (χ1) is 7.81. The highest BCUT2D eigenvalue weighted by molar-refractivity contribution is 5.89. The minimum absolute atomic E-state index is 0.236. The van der Waals surface area contributed by atoms with E-state index in [1.165, 1.54) is 44.9 Å². The molecular formula is C14H27NO. The van der Waals surface area contributed by atoms with Crippen molar-refractivity contribution in [2.45, 2.75) is 64.7 Å². The van der Waals surface area contributed by atoms with E-state index in [9.17, 15) is 4.79 Å². The zero-order valence-corrected chi connectivity index (χ0v) is 10.9. The zero-order valence-electron chi connectivity index (χ0n) is 10.9. The lowest BCUT2D eigenvalue weighted by atomic mass is 10.1. The van der Waals surface area contributed by atoms with Gasteiger partial charge in [-0.25, -0.2) is 0 Å². The molecule has 0 spiro atoms. The van der Waals surface area contributed by atoms with E-state index in [0.29, 0.717) is 6.42 Å². The number of hydrogen-bond acceptors (Lipinski definition) is 2. The van der Waals surface area contributed by atoms with Crippen molar-refractivity contribution in [1.29, 1.82) is 0 Å². The standard InChI is InChI=1S/C14H27NO/c1-3-4-5-6-7-8-9-10-11-14(16)12-13-15-2/h12-13,15H,3-11H2,1-2H3. The van der Waals surface area contributed by atoms with Crippen LogP contribution in [-0.2, 0) is 4.79 Å². The third-order valence-corrected chi connectivity index (χ3v) is 2.71. The van der Waals surface area contributed by atoms with Gasteiger partial charge in [-0.15, -0.1) is 0 Å². The minimum Gasteiger partial charge on any atom is -0.394 e. The van der Waals surface area contributed by atoms with Crippen LogP contribution in [0, 0.1) is 0 Å². The molecule has 0 saturated heterocycles. The highest BCUT2D eigenvalue weighted by atomic mass is 16.1. The predicted octanol–water partition coefficient (Wildman–Crippen LogP) is 3.82. The van der Waals surface area contributed by atoms with E-state index in [4.69, 9.17) is 0 Å². The van der Waals surface area contributed by atoms with Crippen molar-refractivity contribution in [2.24, 2.45) is 0 Å². The lowest BCUT2D eigenvalue weighted by Crippen LogP contribution is -1.97. The minimum atomic E-state index is 0.236. The summed E-state index contributed by atoms with van der Waals surface area (Å²) in [7, 11) is 1.81. The summed E-state index contributed by atoms with van der Waals surface area (Å²) >= 11 is 0. The number of rotatable bonds is 11. The van der Waals surface area contributed by atoms with E-state index in [0.717, 1.165) is 6.42 Å². The van der Waals surface area contributed by atoms with Crippen molar-refractivity contribution in [2.75, 3.05) is 7.05 Å². The number of hydrogen-bond donors (Lipinski definition) is 1. The molecule has 0 atom stereocenters. The topological polar surface area (TPSA) is 29.1 Å². The van der Waals surface area contributed by atoms with Gasteiger partial charge in [-0.3, -0.25) is 4.79 Å². The lowest BCUT2D eigenvalue weighted by molar-refractivity contribution is -0.114. The molecule has 0 radical (unpaired) electrons. The van der Waals surface area contributed by atoms with Crippen LogP contribution >= 0.6 is 0 Å². The number of carbonyl (C=O) groups excluding carboxylic acids is 1. The van der Waals surface area contributed by atoms with Crippen molar-refractivity contribution >= 4 is 5.78 Å². The van der Waals surface area contributed by atoms with Crippen LogP contribution in [0.25, 0.3) is 0 Å². The van der Waals surface area contributed by atoms with Gasteiger partial charge in [0.2, 0.25) is 0 Å². The molecule has 2 heteroatoms. The molecule has 0 bridgehead atoms. The third kappa shape index (κ3) is 11.3. The van der Waals surface area contributed by atoms with Crippen LogP contribution in [0.2, 0.25) is 0 Å². The summed E-state index contributed by atoms with van der Waals surface area (Å²) in [4.78, 5) is 11.2. The molecule has 2 nitrogen and oxygen atoms in total. The fourth-order valence-corrected chi connectivity index (χ4v) is 1.69. The monoisotopic (exact) mass is 225 g/mol. The van der Waals surface area contributed by atoms with Gasteiger partial charge in [-0.1, -0.05) is 51.9 Å². The zero-order chi connectivity index (χ0) is 12.1. The second kappa shape index (κ2) is 12.3. The van der Waals surface area contributed by atoms with Crippen LogP contribution in [0.5, 0.6) is 0 Å². The molecule has 0 aliphatic carbocycles. The Balaban J connectivity index is 3.14. The largest absolute Gasteiger partial charge is 0.394 e.